The van der Waals surface area contributed by atoms with Crippen LogP contribution in [0, 0.1) is 46.3 Å². The number of allylic oxidation sites excluding steroid dienone is 2. The van der Waals surface area contributed by atoms with Crippen LogP contribution in [0.2, 0.25) is 0 Å². The molecule has 3 heteroatoms. The lowest BCUT2D eigenvalue weighted by atomic mass is 9.40. The smallest absolute Gasteiger partial charge is 0.112 e. The molecule has 0 radical (unpaired) electrons. The summed E-state index contributed by atoms with van der Waals surface area (Å²) in [6.45, 7) is 14.5. The van der Waals surface area contributed by atoms with E-state index in [0.717, 1.165) is 38.0 Å². The molecule has 4 aliphatic carbocycles. The third-order valence-electron chi connectivity index (χ3n) is 11.6. The summed E-state index contributed by atoms with van der Waals surface area (Å²) in [5.41, 5.74) is 0.133. The highest BCUT2D eigenvalue weighted by atomic mass is 17.2. The van der Waals surface area contributed by atoms with Gasteiger partial charge in [0.25, 0.3) is 0 Å². The highest BCUT2D eigenvalue weighted by molar-refractivity contribution is 5.23. The summed E-state index contributed by atoms with van der Waals surface area (Å²) in [7, 11) is 0. The first-order valence-electron chi connectivity index (χ1n) is 13.3. The minimum atomic E-state index is -0.258. The third kappa shape index (κ3) is 2.94. The van der Waals surface area contributed by atoms with Crippen molar-refractivity contribution in [1.29, 1.82) is 0 Å². The number of aliphatic hydroxyl groups is 1. The fourth-order valence-electron chi connectivity index (χ4n) is 9.32. The van der Waals surface area contributed by atoms with Gasteiger partial charge in [0.1, 0.15) is 11.2 Å². The van der Waals surface area contributed by atoms with Gasteiger partial charge in [-0.3, -0.25) is 0 Å². The first-order valence-corrected chi connectivity index (χ1v) is 13.3. The average Bonchev–Trinajstić information content (AvgIpc) is 3.09. The zero-order chi connectivity index (χ0) is 22.2. The Morgan fingerprint density at radius 2 is 1.61 bits per heavy atom. The number of hydrogen-bond donors (Lipinski definition) is 1. The summed E-state index contributed by atoms with van der Waals surface area (Å²) >= 11 is 0. The highest BCUT2D eigenvalue weighted by Gasteiger charge is 2.75. The van der Waals surface area contributed by atoms with Crippen molar-refractivity contribution in [2.45, 2.75) is 117 Å². The maximum atomic E-state index is 10.4. The van der Waals surface area contributed by atoms with Crippen LogP contribution in [0.1, 0.15) is 99.3 Å². The van der Waals surface area contributed by atoms with Gasteiger partial charge in [0.2, 0.25) is 0 Å². The zero-order valence-electron chi connectivity index (χ0n) is 20.8. The van der Waals surface area contributed by atoms with Crippen LogP contribution in [0.5, 0.6) is 0 Å². The van der Waals surface area contributed by atoms with E-state index >= 15 is 0 Å². The second-order valence-corrected chi connectivity index (χ2v) is 13.1. The molecule has 2 spiro atoms. The predicted octanol–water partition coefficient (Wildman–Crippen LogP) is 6.70. The molecule has 6 fully saturated rings. The molecule has 4 saturated carbocycles. The fraction of sp³-hybridized carbons (Fsp3) is 0.929. The van der Waals surface area contributed by atoms with E-state index in [2.05, 4.69) is 53.7 Å². The maximum Gasteiger partial charge on any atom is 0.112 e. The van der Waals surface area contributed by atoms with Gasteiger partial charge in [-0.05, 0) is 92.3 Å². The Morgan fingerprint density at radius 1 is 0.839 bits per heavy atom. The van der Waals surface area contributed by atoms with Crippen molar-refractivity contribution in [3.63, 3.8) is 0 Å². The van der Waals surface area contributed by atoms with E-state index in [1.807, 2.05) is 0 Å². The van der Waals surface area contributed by atoms with Gasteiger partial charge < -0.3 is 5.11 Å². The second kappa shape index (κ2) is 7.31. The average molecular weight is 431 g/mol. The Labute approximate surface area is 190 Å². The van der Waals surface area contributed by atoms with Crippen molar-refractivity contribution < 1.29 is 14.9 Å². The van der Waals surface area contributed by atoms with E-state index in [9.17, 15) is 5.11 Å². The first kappa shape index (κ1) is 22.4. The van der Waals surface area contributed by atoms with E-state index in [0.29, 0.717) is 35.0 Å². The lowest BCUT2D eigenvalue weighted by Crippen LogP contribution is -2.75. The molecular weight excluding hydrogens is 384 g/mol. The van der Waals surface area contributed by atoms with Crippen LogP contribution in [0.25, 0.3) is 0 Å². The van der Waals surface area contributed by atoms with E-state index in [4.69, 9.17) is 9.78 Å². The summed E-state index contributed by atoms with van der Waals surface area (Å²) in [6.07, 6.45) is 14.9. The van der Waals surface area contributed by atoms with Crippen LogP contribution >= 0.6 is 0 Å². The molecule has 2 heterocycles. The van der Waals surface area contributed by atoms with Gasteiger partial charge in [-0.1, -0.05) is 53.7 Å². The lowest BCUT2D eigenvalue weighted by Gasteiger charge is -2.72. The molecule has 0 aromatic carbocycles. The molecule has 6 rings (SSSR count). The van der Waals surface area contributed by atoms with Crippen LogP contribution in [0.15, 0.2) is 12.2 Å². The monoisotopic (exact) mass is 430 g/mol. The number of aliphatic hydroxyl groups excluding tert-OH is 1. The number of hydrogen-bond acceptors (Lipinski definition) is 3. The van der Waals surface area contributed by atoms with Crippen molar-refractivity contribution in [1.82, 2.24) is 0 Å². The van der Waals surface area contributed by atoms with Gasteiger partial charge >= 0.3 is 0 Å². The number of rotatable bonds is 4. The fourth-order valence-corrected chi connectivity index (χ4v) is 9.32. The zero-order valence-corrected chi connectivity index (χ0v) is 20.8. The number of fused-ring (bicyclic) bond motifs is 3. The quantitative estimate of drug-likeness (QED) is 0.398. The minimum Gasteiger partial charge on any atom is -0.393 e. The Morgan fingerprint density at radius 3 is 2.29 bits per heavy atom. The van der Waals surface area contributed by atoms with E-state index in [1.165, 1.54) is 25.7 Å². The van der Waals surface area contributed by atoms with E-state index < -0.39 is 0 Å². The van der Waals surface area contributed by atoms with Gasteiger partial charge in [-0.2, -0.15) is 0 Å². The minimum absolute atomic E-state index is 0.102. The molecule has 31 heavy (non-hydrogen) atoms. The van der Waals surface area contributed by atoms with Crippen LogP contribution in [0.3, 0.4) is 0 Å². The molecule has 0 aromatic heterocycles. The Hall–Kier alpha value is -0.380. The van der Waals surface area contributed by atoms with E-state index in [1.54, 1.807) is 0 Å². The Kier molecular flexibility index (Phi) is 5.28. The second-order valence-electron chi connectivity index (χ2n) is 13.1. The maximum absolute atomic E-state index is 10.4. The van der Waals surface area contributed by atoms with Crippen LogP contribution in [-0.2, 0) is 9.78 Å². The van der Waals surface area contributed by atoms with Gasteiger partial charge in [0, 0.05) is 11.8 Å². The highest BCUT2D eigenvalue weighted by Crippen LogP contribution is 2.74. The molecule has 10 atom stereocenters. The van der Waals surface area contributed by atoms with Crippen molar-refractivity contribution in [3.8, 4) is 0 Å². The Bertz CT molecular complexity index is 720. The summed E-state index contributed by atoms with van der Waals surface area (Å²) in [6, 6.07) is 0. The van der Waals surface area contributed by atoms with Crippen LogP contribution < -0.4 is 0 Å². The predicted molar refractivity (Wildman–Crippen MR) is 124 cm³/mol. The van der Waals surface area contributed by atoms with Gasteiger partial charge in [0.05, 0.1) is 6.10 Å². The molecule has 0 aromatic rings. The molecule has 0 amide bonds. The topological polar surface area (TPSA) is 38.7 Å². The van der Waals surface area contributed by atoms with Crippen molar-refractivity contribution in [3.05, 3.63) is 12.2 Å². The molecule has 2 saturated heterocycles. The SMILES string of the molecule is CC(C)[C@@H](C)/C=C/[C@@H](C)[C@@H]1CC[C@@H]2[C@]1(C)CC[C@H]1[C@]23CC[C@]2(C[C@H](O)CC[C@]12C)OO3. The normalized spacial score (nSPS) is 53.3. The van der Waals surface area contributed by atoms with Crippen molar-refractivity contribution in [2.75, 3.05) is 0 Å². The summed E-state index contributed by atoms with van der Waals surface area (Å²) in [5, 5.41) is 10.4. The first-order chi connectivity index (χ1) is 14.6. The molecular formula is C28H46O3. The molecule has 3 nitrogen and oxygen atoms in total. The molecule has 0 unspecified atom stereocenters. The molecule has 6 aliphatic rings. The van der Waals surface area contributed by atoms with Gasteiger partial charge in [-0.15, -0.1) is 0 Å². The van der Waals surface area contributed by atoms with Crippen molar-refractivity contribution in [2.24, 2.45) is 46.3 Å². The summed E-state index contributed by atoms with van der Waals surface area (Å²) < 4.78 is 0. The molecule has 1 N–H and O–H groups in total. The van der Waals surface area contributed by atoms with E-state index in [-0.39, 0.29) is 22.7 Å². The van der Waals surface area contributed by atoms with Crippen LogP contribution in [-0.4, -0.2) is 22.4 Å². The summed E-state index contributed by atoms with van der Waals surface area (Å²) in [5.74, 6) is 3.89. The summed E-state index contributed by atoms with van der Waals surface area (Å²) in [4.78, 5) is 12.9. The largest absolute Gasteiger partial charge is 0.393 e. The van der Waals surface area contributed by atoms with Gasteiger partial charge in [0.15, 0.2) is 0 Å². The molecule has 176 valence electrons. The molecule has 2 bridgehead atoms. The van der Waals surface area contributed by atoms with Gasteiger partial charge in [-0.25, -0.2) is 9.78 Å². The standard InChI is InChI=1S/C28H46O3/c1-18(2)19(3)7-8-20(4)22-9-10-23-25(22,5)13-12-24-26(6)14-11-21(29)17-27(26)15-16-28(23,24)31-30-27/h7-8,18-24,29H,9-17H2,1-6H3/b8-7+/t19-,20+,21+,22-,23+,24+,25+,26+,27+,28-/m0/s1. The van der Waals surface area contributed by atoms with Crippen molar-refractivity contribution >= 4 is 0 Å². The lowest BCUT2D eigenvalue weighted by molar-refractivity contribution is -0.536. The molecule has 2 aliphatic heterocycles. The Balaban J connectivity index is 1.42. The third-order valence-corrected chi connectivity index (χ3v) is 11.6. The van der Waals surface area contributed by atoms with Crippen LogP contribution in [0.4, 0.5) is 0 Å².